The lowest BCUT2D eigenvalue weighted by atomic mass is 10.0. The van der Waals surface area contributed by atoms with Gasteiger partial charge in [-0.3, -0.25) is 0 Å². The maximum Gasteiger partial charge on any atom is 0.416 e. The van der Waals surface area contributed by atoms with Crippen LogP contribution in [-0.2, 0) is 12.7 Å². The van der Waals surface area contributed by atoms with E-state index >= 15 is 0 Å². The third-order valence-electron chi connectivity index (χ3n) is 2.94. The molecule has 0 atom stereocenters. The molecule has 0 aromatic heterocycles. The van der Waals surface area contributed by atoms with Crippen molar-refractivity contribution in [2.24, 2.45) is 0 Å². The number of alkyl halides is 3. The fourth-order valence-corrected chi connectivity index (χ4v) is 1.83. The monoisotopic (exact) mass is 274 g/mol. The van der Waals surface area contributed by atoms with Crippen LogP contribution in [0.4, 0.5) is 13.2 Å². The molecular weight excluding hydrogens is 253 g/mol. The standard InChI is InChI=1S/C14H21F3N2/c1-11-5-6-12(13(9-11)14(15,16)17)10-19(4)8-7-18(2)3/h5-6,9H,7-8,10H2,1-4H3. The molecule has 0 unspecified atom stereocenters. The normalized spacial score (nSPS) is 12.5. The minimum absolute atomic E-state index is 0.308. The highest BCUT2D eigenvalue weighted by atomic mass is 19.4. The van der Waals surface area contributed by atoms with Gasteiger partial charge in [0.25, 0.3) is 0 Å². The van der Waals surface area contributed by atoms with E-state index in [9.17, 15) is 13.2 Å². The van der Waals surface area contributed by atoms with E-state index in [1.54, 1.807) is 19.1 Å². The summed E-state index contributed by atoms with van der Waals surface area (Å²) in [6.07, 6.45) is -4.29. The largest absolute Gasteiger partial charge is 0.416 e. The van der Waals surface area contributed by atoms with Crippen molar-refractivity contribution < 1.29 is 13.2 Å². The second-order valence-electron chi connectivity index (χ2n) is 5.20. The molecular formula is C14H21F3N2. The molecule has 19 heavy (non-hydrogen) atoms. The lowest BCUT2D eigenvalue weighted by Gasteiger charge is -2.21. The van der Waals surface area contributed by atoms with Crippen LogP contribution in [0.3, 0.4) is 0 Å². The second kappa shape index (κ2) is 6.39. The van der Waals surface area contributed by atoms with Crippen molar-refractivity contribution in [1.29, 1.82) is 0 Å². The van der Waals surface area contributed by atoms with Crippen LogP contribution in [0.1, 0.15) is 16.7 Å². The first-order valence-electron chi connectivity index (χ1n) is 6.20. The van der Waals surface area contributed by atoms with Crippen molar-refractivity contribution >= 4 is 0 Å². The summed E-state index contributed by atoms with van der Waals surface area (Å²) in [7, 11) is 5.73. The van der Waals surface area contributed by atoms with E-state index in [1.165, 1.54) is 6.07 Å². The average Bonchev–Trinajstić information content (AvgIpc) is 2.27. The molecule has 108 valence electrons. The molecule has 0 saturated heterocycles. The van der Waals surface area contributed by atoms with Crippen molar-refractivity contribution in [2.45, 2.75) is 19.6 Å². The Morgan fingerprint density at radius 1 is 1.05 bits per heavy atom. The van der Waals surface area contributed by atoms with Crippen LogP contribution < -0.4 is 0 Å². The first kappa shape index (κ1) is 16.0. The summed E-state index contributed by atoms with van der Waals surface area (Å²) < 4.78 is 38.9. The minimum Gasteiger partial charge on any atom is -0.308 e. The Labute approximate surface area is 112 Å². The lowest BCUT2D eigenvalue weighted by Crippen LogP contribution is -2.29. The van der Waals surface area contributed by atoms with E-state index in [-0.39, 0.29) is 0 Å². The third kappa shape index (κ3) is 5.20. The summed E-state index contributed by atoms with van der Waals surface area (Å²) in [6.45, 7) is 3.54. The molecule has 1 aromatic rings. The Bertz CT molecular complexity index is 414. The number of likely N-dealkylation sites (N-methyl/N-ethyl adjacent to an activating group) is 2. The van der Waals surface area contributed by atoms with Crippen LogP contribution in [-0.4, -0.2) is 44.0 Å². The van der Waals surface area contributed by atoms with Gasteiger partial charge in [-0.2, -0.15) is 13.2 Å². The maximum atomic E-state index is 13.0. The van der Waals surface area contributed by atoms with Gasteiger partial charge in [-0.05, 0) is 39.7 Å². The van der Waals surface area contributed by atoms with Gasteiger partial charge in [0.15, 0.2) is 0 Å². The summed E-state index contributed by atoms with van der Waals surface area (Å²) in [5.41, 5.74) is 0.440. The zero-order chi connectivity index (χ0) is 14.6. The topological polar surface area (TPSA) is 6.48 Å². The number of halogens is 3. The molecule has 0 N–H and O–H groups in total. The van der Waals surface area contributed by atoms with E-state index in [4.69, 9.17) is 0 Å². The van der Waals surface area contributed by atoms with Crippen LogP contribution in [0.25, 0.3) is 0 Å². The van der Waals surface area contributed by atoms with Crippen LogP contribution in [0, 0.1) is 6.92 Å². The molecule has 0 aliphatic carbocycles. The predicted molar refractivity (Wildman–Crippen MR) is 71.1 cm³/mol. The van der Waals surface area contributed by atoms with Crippen molar-refractivity contribution in [3.8, 4) is 0 Å². The van der Waals surface area contributed by atoms with Crippen molar-refractivity contribution in [3.05, 3.63) is 34.9 Å². The lowest BCUT2D eigenvalue weighted by molar-refractivity contribution is -0.138. The van der Waals surface area contributed by atoms with Crippen LogP contribution in [0.5, 0.6) is 0 Å². The zero-order valence-corrected chi connectivity index (χ0v) is 11.9. The van der Waals surface area contributed by atoms with Crippen LogP contribution >= 0.6 is 0 Å². The molecule has 0 saturated carbocycles. The smallest absolute Gasteiger partial charge is 0.308 e. The molecule has 0 amide bonds. The molecule has 0 fully saturated rings. The minimum atomic E-state index is -4.29. The molecule has 0 aliphatic rings. The maximum absolute atomic E-state index is 13.0. The predicted octanol–water partition coefficient (Wildman–Crippen LogP) is 3.01. The summed E-state index contributed by atoms with van der Waals surface area (Å²) in [5.74, 6) is 0. The first-order chi connectivity index (χ1) is 8.70. The zero-order valence-electron chi connectivity index (χ0n) is 11.9. The van der Waals surface area contributed by atoms with Gasteiger partial charge in [-0.25, -0.2) is 0 Å². The van der Waals surface area contributed by atoms with E-state index in [0.717, 1.165) is 13.1 Å². The number of hydrogen-bond acceptors (Lipinski definition) is 2. The number of nitrogens with zero attached hydrogens (tertiary/aromatic N) is 2. The highest BCUT2D eigenvalue weighted by Gasteiger charge is 2.33. The second-order valence-corrected chi connectivity index (χ2v) is 5.20. The van der Waals surface area contributed by atoms with Gasteiger partial charge in [0.2, 0.25) is 0 Å². The number of hydrogen-bond donors (Lipinski definition) is 0. The molecule has 0 aliphatic heterocycles. The van der Waals surface area contributed by atoms with E-state index < -0.39 is 11.7 Å². The van der Waals surface area contributed by atoms with Crippen LogP contribution in [0.15, 0.2) is 18.2 Å². The molecule has 5 heteroatoms. The van der Waals surface area contributed by atoms with Crippen molar-refractivity contribution in [2.75, 3.05) is 34.2 Å². The number of rotatable bonds is 5. The Morgan fingerprint density at radius 2 is 1.68 bits per heavy atom. The number of benzene rings is 1. The SMILES string of the molecule is Cc1ccc(CN(C)CCN(C)C)c(C(F)(F)F)c1. The van der Waals surface area contributed by atoms with Gasteiger partial charge in [-0.15, -0.1) is 0 Å². The summed E-state index contributed by atoms with van der Waals surface area (Å²) in [6, 6.07) is 4.52. The van der Waals surface area contributed by atoms with Gasteiger partial charge in [0.1, 0.15) is 0 Å². The van der Waals surface area contributed by atoms with Gasteiger partial charge in [-0.1, -0.05) is 17.7 Å². The summed E-state index contributed by atoms with van der Waals surface area (Å²) in [5, 5.41) is 0. The summed E-state index contributed by atoms with van der Waals surface area (Å²) in [4.78, 5) is 3.91. The van der Waals surface area contributed by atoms with Gasteiger partial charge in [0.05, 0.1) is 5.56 Å². The Balaban J connectivity index is 2.83. The molecule has 2 nitrogen and oxygen atoms in total. The van der Waals surface area contributed by atoms with E-state index in [2.05, 4.69) is 0 Å². The molecule has 0 radical (unpaired) electrons. The third-order valence-corrected chi connectivity index (χ3v) is 2.94. The average molecular weight is 274 g/mol. The number of aryl methyl sites for hydroxylation is 1. The molecule has 0 bridgehead atoms. The van der Waals surface area contributed by atoms with Gasteiger partial charge >= 0.3 is 6.18 Å². The Hall–Kier alpha value is -1.07. The summed E-state index contributed by atoms with van der Waals surface area (Å²) >= 11 is 0. The molecule has 0 heterocycles. The highest BCUT2D eigenvalue weighted by molar-refractivity contribution is 5.33. The first-order valence-corrected chi connectivity index (χ1v) is 6.20. The highest BCUT2D eigenvalue weighted by Crippen LogP contribution is 2.33. The Kier molecular flexibility index (Phi) is 5.38. The molecule has 0 spiro atoms. The fraction of sp³-hybridized carbons (Fsp3) is 0.571. The van der Waals surface area contributed by atoms with Crippen LogP contribution in [0.2, 0.25) is 0 Å². The quantitative estimate of drug-likeness (QED) is 0.814. The molecule has 1 rings (SSSR count). The van der Waals surface area contributed by atoms with E-state index in [1.807, 2.05) is 30.9 Å². The van der Waals surface area contributed by atoms with Crippen molar-refractivity contribution in [3.63, 3.8) is 0 Å². The van der Waals surface area contributed by atoms with E-state index in [0.29, 0.717) is 17.7 Å². The Morgan fingerprint density at radius 3 is 2.21 bits per heavy atom. The molecule has 1 aromatic carbocycles. The van der Waals surface area contributed by atoms with Gasteiger partial charge in [0, 0.05) is 19.6 Å². The van der Waals surface area contributed by atoms with Gasteiger partial charge < -0.3 is 9.80 Å². The van der Waals surface area contributed by atoms with Crippen molar-refractivity contribution in [1.82, 2.24) is 9.80 Å². The fourth-order valence-electron chi connectivity index (χ4n) is 1.83.